The minimum absolute atomic E-state index is 0.0222. The van der Waals surface area contributed by atoms with Crippen LogP contribution in [0.25, 0.3) is 0 Å². The molecule has 1 heterocycles. The zero-order chi connectivity index (χ0) is 15.9. The van der Waals surface area contributed by atoms with E-state index >= 15 is 0 Å². The smallest absolute Gasteiger partial charge is 0.330 e. The molecule has 0 N–H and O–H groups in total. The van der Waals surface area contributed by atoms with Gasteiger partial charge >= 0.3 is 5.97 Å². The van der Waals surface area contributed by atoms with Crippen LogP contribution in [0, 0.1) is 0 Å². The third kappa shape index (κ3) is 4.46. The topological polar surface area (TPSA) is 38.8 Å². The van der Waals surface area contributed by atoms with E-state index in [4.69, 9.17) is 4.74 Å². The quantitative estimate of drug-likeness (QED) is 0.619. The third-order valence-corrected chi connectivity index (χ3v) is 3.77. The van der Waals surface area contributed by atoms with Crippen molar-refractivity contribution >= 4 is 5.97 Å². The van der Waals surface area contributed by atoms with Crippen LogP contribution < -0.4 is 0 Å². The van der Waals surface area contributed by atoms with Gasteiger partial charge in [0, 0.05) is 18.8 Å². The lowest BCUT2D eigenvalue weighted by Gasteiger charge is -2.36. The van der Waals surface area contributed by atoms with Gasteiger partial charge in [0.15, 0.2) is 0 Å². The second kappa shape index (κ2) is 7.80. The predicted molar refractivity (Wildman–Crippen MR) is 86.1 cm³/mol. The summed E-state index contributed by atoms with van der Waals surface area (Å²) >= 11 is 0. The molecule has 4 nitrogen and oxygen atoms in total. The summed E-state index contributed by atoms with van der Waals surface area (Å²) in [6, 6.07) is 10.4. The average Bonchev–Trinajstić information content (AvgIpc) is 2.53. The number of carbonyl (C=O) groups excluding carboxylic acids is 1. The van der Waals surface area contributed by atoms with Crippen molar-refractivity contribution in [1.29, 1.82) is 0 Å². The highest BCUT2D eigenvalue weighted by molar-refractivity contribution is 5.82. The first-order valence-corrected chi connectivity index (χ1v) is 7.53. The lowest BCUT2D eigenvalue weighted by molar-refractivity contribution is -0.134. The first-order valence-electron chi connectivity index (χ1n) is 7.53. The Morgan fingerprint density at radius 1 is 1.32 bits per heavy atom. The number of esters is 1. The van der Waals surface area contributed by atoms with Gasteiger partial charge in [0.05, 0.1) is 13.2 Å². The summed E-state index contributed by atoms with van der Waals surface area (Å²) in [5.41, 5.74) is 2.27. The molecule has 1 aliphatic heterocycles. The van der Waals surface area contributed by atoms with Crippen LogP contribution >= 0.6 is 0 Å². The van der Waals surface area contributed by atoms with Gasteiger partial charge in [0.25, 0.3) is 0 Å². The highest BCUT2D eigenvalue weighted by Gasteiger charge is 2.22. The van der Waals surface area contributed by atoms with Crippen molar-refractivity contribution in [2.24, 2.45) is 0 Å². The van der Waals surface area contributed by atoms with Gasteiger partial charge in [-0.15, -0.1) is 0 Å². The van der Waals surface area contributed by atoms with Crippen LogP contribution in [0.5, 0.6) is 0 Å². The fourth-order valence-corrected chi connectivity index (χ4v) is 2.41. The SMILES string of the molecule is COC(=O)/C=C/C1=CN(CCc2ccccc2)[C@@H](C)O[C@@H]1C. The Hall–Kier alpha value is -2.07. The standard InChI is InChI=1S/C18H23NO3/c1-14-17(9-10-18(20)21-3)13-19(15(2)22-14)12-11-16-7-5-4-6-8-16/h4-10,13-15H,11-12H2,1-3H3/b10-9+/t14-,15-/m1/s1. The van der Waals surface area contributed by atoms with Gasteiger partial charge in [-0.3, -0.25) is 0 Å². The molecule has 0 unspecified atom stereocenters. The van der Waals surface area contributed by atoms with E-state index in [1.54, 1.807) is 6.08 Å². The van der Waals surface area contributed by atoms with E-state index < -0.39 is 0 Å². The van der Waals surface area contributed by atoms with Gasteiger partial charge in [-0.2, -0.15) is 0 Å². The van der Waals surface area contributed by atoms with Gasteiger partial charge < -0.3 is 14.4 Å². The summed E-state index contributed by atoms with van der Waals surface area (Å²) in [6.07, 6.45) is 6.20. The molecule has 1 aromatic carbocycles. The molecule has 4 heteroatoms. The average molecular weight is 301 g/mol. The molecular weight excluding hydrogens is 278 g/mol. The second-order valence-corrected chi connectivity index (χ2v) is 5.34. The molecular formula is C18H23NO3. The monoisotopic (exact) mass is 301 g/mol. The number of methoxy groups -OCH3 is 1. The molecule has 0 aromatic heterocycles. The Bertz CT molecular complexity index is 551. The minimum Gasteiger partial charge on any atom is -0.466 e. The molecule has 2 atom stereocenters. The molecule has 0 saturated heterocycles. The number of rotatable bonds is 5. The maximum atomic E-state index is 11.2. The number of carbonyl (C=O) groups is 1. The highest BCUT2D eigenvalue weighted by atomic mass is 16.5. The molecule has 1 aromatic rings. The number of hydrogen-bond donors (Lipinski definition) is 0. The Labute approximate surface area is 132 Å². The summed E-state index contributed by atoms with van der Waals surface area (Å²) in [7, 11) is 1.37. The van der Waals surface area contributed by atoms with Gasteiger partial charge in [-0.25, -0.2) is 4.79 Å². The minimum atomic E-state index is -0.359. The summed E-state index contributed by atoms with van der Waals surface area (Å²) in [5.74, 6) is -0.359. The van der Waals surface area contributed by atoms with E-state index in [2.05, 4.69) is 28.0 Å². The van der Waals surface area contributed by atoms with Crippen LogP contribution in [0.4, 0.5) is 0 Å². The van der Waals surface area contributed by atoms with Crippen LogP contribution in [0.3, 0.4) is 0 Å². The maximum Gasteiger partial charge on any atom is 0.330 e. The Morgan fingerprint density at radius 2 is 2.05 bits per heavy atom. The van der Waals surface area contributed by atoms with E-state index in [1.807, 2.05) is 32.0 Å². The molecule has 0 saturated carbocycles. The second-order valence-electron chi connectivity index (χ2n) is 5.34. The van der Waals surface area contributed by atoms with Crippen molar-refractivity contribution < 1.29 is 14.3 Å². The van der Waals surface area contributed by atoms with Crippen molar-refractivity contribution in [3.05, 3.63) is 59.8 Å². The molecule has 0 bridgehead atoms. The van der Waals surface area contributed by atoms with Crippen molar-refractivity contribution in [2.75, 3.05) is 13.7 Å². The summed E-state index contributed by atoms with van der Waals surface area (Å²) < 4.78 is 10.5. The fourth-order valence-electron chi connectivity index (χ4n) is 2.41. The molecule has 22 heavy (non-hydrogen) atoms. The van der Waals surface area contributed by atoms with Crippen LogP contribution in [0.15, 0.2) is 54.3 Å². The summed E-state index contributed by atoms with van der Waals surface area (Å²) in [4.78, 5) is 13.4. The van der Waals surface area contributed by atoms with E-state index in [0.717, 1.165) is 18.5 Å². The fraction of sp³-hybridized carbons (Fsp3) is 0.389. The molecule has 0 radical (unpaired) electrons. The van der Waals surface area contributed by atoms with Gasteiger partial charge in [0.1, 0.15) is 6.23 Å². The third-order valence-electron chi connectivity index (χ3n) is 3.77. The molecule has 1 aliphatic rings. The van der Waals surface area contributed by atoms with Crippen LogP contribution in [0.1, 0.15) is 19.4 Å². The molecule has 0 spiro atoms. The van der Waals surface area contributed by atoms with Crippen LogP contribution in [0.2, 0.25) is 0 Å². The first-order chi connectivity index (χ1) is 10.6. The van der Waals surface area contributed by atoms with Crippen molar-refractivity contribution in [3.8, 4) is 0 Å². The van der Waals surface area contributed by atoms with E-state index in [1.165, 1.54) is 18.7 Å². The van der Waals surface area contributed by atoms with Gasteiger partial charge in [-0.05, 0) is 37.5 Å². The number of nitrogens with zero attached hydrogens (tertiary/aromatic N) is 1. The maximum absolute atomic E-state index is 11.2. The lowest BCUT2D eigenvalue weighted by Crippen LogP contribution is -2.39. The zero-order valence-corrected chi connectivity index (χ0v) is 13.4. The largest absolute Gasteiger partial charge is 0.466 e. The summed E-state index contributed by atoms with van der Waals surface area (Å²) in [6.45, 7) is 4.89. The van der Waals surface area contributed by atoms with E-state index in [9.17, 15) is 4.79 Å². The predicted octanol–water partition coefficient (Wildman–Crippen LogP) is 2.91. The van der Waals surface area contributed by atoms with E-state index in [-0.39, 0.29) is 18.3 Å². The Kier molecular flexibility index (Phi) is 5.78. The summed E-state index contributed by atoms with van der Waals surface area (Å²) in [5, 5.41) is 0. The Morgan fingerprint density at radius 3 is 2.73 bits per heavy atom. The number of hydrogen-bond acceptors (Lipinski definition) is 4. The molecule has 0 amide bonds. The molecule has 118 valence electrons. The van der Waals surface area contributed by atoms with Crippen molar-refractivity contribution in [1.82, 2.24) is 4.90 Å². The van der Waals surface area contributed by atoms with E-state index in [0.29, 0.717) is 0 Å². The number of benzene rings is 1. The Balaban J connectivity index is 2.04. The van der Waals surface area contributed by atoms with Crippen LogP contribution in [-0.2, 0) is 20.7 Å². The molecule has 0 fully saturated rings. The van der Waals surface area contributed by atoms with Crippen molar-refractivity contribution in [2.45, 2.75) is 32.6 Å². The highest BCUT2D eigenvalue weighted by Crippen LogP contribution is 2.21. The normalized spacial score (nSPS) is 21.8. The number of ether oxygens (including phenoxy) is 2. The first kappa shape index (κ1) is 16.3. The van der Waals surface area contributed by atoms with Gasteiger partial charge in [-0.1, -0.05) is 30.3 Å². The zero-order valence-electron chi connectivity index (χ0n) is 13.4. The molecule has 2 rings (SSSR count). The van der Waals surface area contributed by atoms with Crippen LogP contribution in [-0.4, -0.2) is 36.9 Å². The van der Waals surface area contributed by atoms with Crippen molar-refractivity contribution in [3.63, 3.8) is 0 Å². The van der Waals surface area contributed by atoms with Gasteiger partial charge in [0.2, 0.25) is 0 Å². The lowest BCUT2D eigenvalue weighted by atomic mass is 10.1. The molecule has 0 aliphatic carbocycles.